The molecule has 8 heteroatoms. The Labute approximate surface area is 185 Å². The first-order chi connectivity index (χ1) is 15.1. The van der Waals surface area contributed by atoms with Gasteiger partial charge in [-0.25, -0.2) is 4.39 Å². The minimum Gasteiger partial charge on any atom is -0.372 e. The van der Waals surface area contributed by atoms with E-state index < -0.39 is 0 Å². The minimum absolute atomic E-state index is 0.113. The number of hydrogen-bond acceptors (Lipinski definition) is 5. The molecular formula is C23H26FN5OS. The van der Waals surface area contributed by atoms with Gasteiger partial charge in [-0.15, -0.1) is 10.2 Å². The van der Waals surface area contributed by atoms with E-state index in [0.29, 0.717) is 16.5 Å². The second-order valence-corrected chi connectivity index (χ2v) is 8.39. The number of anilines is 2. The quantitative estimate of drug-likeness (QED) is 0.476. The fourth-order valence-electron chi connectivity index (χ4n) is 3.54. The molecule has 1 heterocycles. The van der Waals surface area contributed by atoms with E-state index in [9.17, 15) is 9.18 Å². The van der Waals surface area contributed by atoms with E-state index >= 15 is 0 Å². The van der Waals surface area contributed by atoms with Gasteiger partial charge in [0, 0.05) is 30.5 Å². The molecule has 2 aromatic carbocycles. The number of thioether (sulfide) groups is 1. The normalized spacial score (nSPS) is 13.3. The molecular weight excluding hydrogens is 413 g/mol. The van der Waals surface area contributed by atoms with Crippen molar-refractivity contribution in [3.8, 4) is 11.4 Å². The molecule has 0 bridgehead atoms. The molecule has 162 valence electrons. The van der Waals surface area contributed by atoms with Crippen molar-refractivity contribution in [2.75, 3.05) is 29.1 Å². The third-order valence-corrected chi connectivity index (χ3v) is 6.25. The lowest BCUT2D eigenvalue weighted by atomic mass is 10.2. The Morgan fingerprint density at radius 3 is 2.48 bits per heavy atom. The molecule has 0 saturated heterocycles. The Bertz CT molecular complexity index is 1040. The number of aromatic nitrogens is 3. The molecule has 1 fully saturated rings. The summed E-state index contributed by atoms with van der Waals surface area (Å²) >= 11 is 1.33. The van der Waals surface area contributed by atoms with Crippen molar-refractivity contribution in [3.63, 3.8) is 0 Å². The number of nitrogens with zero attached hydrogens (tertiary/aromatic N) is 4. The number of nitrogens with one attached hydrogen (secondary N) is 1. The highest BCUT2D eigenvalue weighted by Crippen LogP contribution is 2.41. The van der Waals surface area contributed by atoms with E-state index in [0.717, 1.165) is 37.3 Å². The third kappa shape index (κ3) is 4.90. The van der Waals surface area contributed by atoms with Gasteiger partial charge < -0.3 is 10.2 Å². The number of carbonyl (C=O) groups excluding carboxylic acids is 1. The van der Waals surface area contributed by atoms with E-state index in [1.54, 1.807) is 18.2 Å². The number of benzene rings is 2. The van der Waals surface area contributed by atoms with Crippen molar-refractivity contribution < 1.29 is 9.18 Å². The highest BCUT2D eigenvalue weighted by molar-refractivity contribution is 7.99. The first kappa shape index (κ1) is 21.4. The van der Waals surface area contributed by atoms with Crippen LogP contribution in [0.4, 0.5) is 15.8 Å². The van der Waals surface area contributed by atoms with Gasteiger partial charge in [0.1, 0.15) is 5.82 Å². The van der Waals surface area contributed by atoms with E-state index in [-0.39, 0.29) is 23.5 Å². The number of hydrogen-bond donors (Lipinski definition) is 1. The number of halogens is 1. The Hall–Kier alpha value is -2.87. The van der Waals surface area contributed by atoms with Crippen LogP contribution in [0, 0.1) is 5.82 Å². The summed E-state index contributed by atoms with van der Waals surface area (Å²) in [5, 5.41) is 12.1. The van der Waals surface area contributed by atoms with Gasteiger partial charge in [-0.1, -0.05) is 23.9 Å². The van der Waals surface area contributed by atoms with Crippen LogP contribution in [0.15, 0.2) is 53.7 Å². The van der Waals surface area contributed by atoms with Crippen molar-refractivity contribution in [1.82, 2.24) is 14.8 Å². The van der Waals surface area contributed by atoms with Crippen LogP contribution in [-0.4, -0.2) is 39.5 Å². The summed E-state index contributed by atoms with van der Waals surface area (Å²) in [5.74, 6) is 0.299. The monoisotopic (exact) mass is 439 g/mol. The molecule has 31 heavy (non-hydrogen) atoms. The van der Waals surface area contributed by atoms with Gasteiger partial charge in [0.15, 0.2) is 11.0 Å². The molecule has 1 aliphatic rings. The molecule has 0 radical (unpaired) electrons. The molecule has 1 N–H and O–H groups in total. The van der Waals surface area contributed by atoms with Crippen molar-refractivity contribution in [2.45, 2.75) is 37.9 Å². The van der Waals surface area contributed by atoms with E-state index in [1.165, 1.54) is 17.8 Å². The highest BCUT2D eigenvalue weighted by Gasteiger charge is 2.31. The van der Waals surface area contributed by atoms with E-state index in [4.69, 9.17) is 0 Å². The number of carbonyl (C=O) groups is 1. The lowest BCUT2D eigenvalue weighted by molar-refractivity contribution is -0.113. The second kappa shape index (κ2) is 9.51. The van der Waals surface area contributed by atoms with Crippen molar-refractivity contribution >= 4 is 29.0 Å². The van der Waals surface area contributed by atoms with E-state index in [1.807, 2.05) is 28.8 Å². The zero-order chi connectivity index (χ0) is 21.8. The molecule has 1 amide bonds. The van der Waals surface area contributed by atoms with Crippen LogP contribution >= 0.6 is 11.8 Å². The lowest BCUT2D eigenvalue weighted by Crippen LogP contribution is -2.21. The van der Waals surface area contributed by atoms with Gasteiger partial charge in [0.05, 0.1) is 11.3 Å². The Morgan fingerprint density at radius 2 is 1.84 bits per heavy atom. The topological polar surface area (TPSA) is 63.1 Å². The minimum atomic E-state index is -0.320. The summed E-state index contributed by atoms with van der Waals surface area (Å²) in [6.07, 6.45) is 2.02. The van der Waals surface area contributed by atoms with Crippen LogP contribution < -0.4 is 10.2 Å². The maximum absolute atomic E-state index is 14.3. The molecule has 0 atom stereocenters. The maximum Gasteiger partial charge on any atom is 0.234 e. The summed E-state index contributed by atoms with van der Waals surface area (Å²) < 4.78 is 16.2. The van der Waals surface area contributed by atoms with Gasteiger partial charge in [-0.3, -0.25) is 9.36 Å². The Morgan fingerprint density at radius 1 is 1.13 bits per heavy atom. The lowest BCUT2D eigenvalue weighted by Gasteiger charge is -2.21. The molecule has 4 rings (SSSR count). The summed E-state index contributed by atoms with van der Waals surface area (Å²) in [6, 6.07) is 14.7. The van der Waals surface area contributed by atoms with E-state index in [2.05, 4.69) is 34.3 Å². The first-order valence-electron chi connectivity index (χ1n) is 10.6. The molecule has 0 unspecified atom stereocenters. The maximum atomic E-state index is 14.3. The molecule has 0 spiro atoms. The molecule has 0 aliphatic heterocycles. The fourth-order valence-corrected chi connectivity index (χ4v) is 4.34. The first-order valence-corrected chi connectivity index (χ1v) is 11.6. The summed E-state index contributed by atoms with van der Waals surface area (Å²) in [5.41, 5.74) is 2.33. The SMILES string of the molecule is CCN(CC)c1ccc(NC(=O)CSc2nnc(-c3ccccc3F)n2C2CC2)cc1. The van der Waals surface area contributed by atoms with Crippen LogP contribution in [-0.2, 0) is 4.79 Å². The molecule has 3 aromatic rings. The Balaban J connectivity index is 1.41. The average molecular weight is 440 g/mol. The predicted octanol–water partition coefficient (Wildman–Crippen LogP) is 5.00. The van der Waals surface area contributed by atoms with Crippen LogP contribution in [0.1, 0.15) is 32.7 Å². The number of amides is 1. The average Bonchev–Trinajstić information content (AvgIpc) is 3.54. The van der Waals surface area contributed by atoms with Crippen LogP contribution in [0.25, 0.3) is 11.4 Å². The molecule has 1 saturated carbocycles. The highest BCUT2D eigenvalue weighted by atomic mass is 32.2. The van der Waals surface area contributed by atoms with Crippen molar-refractivity contribution in [3.05, 3.63) is 54.3 Å². The number of rotatable bonds is 9. The van der Waals surface area contributed by atoms with Crippen LogP contribution in [0.5, 0.6) is 0 Å². The zero-order valence-electron chi connectivity index (χ0n) is 17.7. The standard InChI is InChI=1S/C23H26FN5OS/c1-3-28(4-2)17-11-9-16(10-12-17)25-21(30)15-31-23-27-26-22(29(23)18-13-14-18)19-7-5-6-8-20(19)24/h5-12,18H,3-4,13-15H2,1-2H3,(H,25,30). The third-order valence-electron chi connectivity index (χ3n) is 5.30. The molecule has 1 aliphatic carbocycles. The second-order valence-electron chi connectivity index (χ2n) is 7.44. The van der Waals surface area contributed by atoms with Gasteiger partial charge >= 0.3 is 0 Å². The molecule has 6 nitrogen and oxygen atoms in total. The Kier molecular flexibility index (Phi) is 6.56. The van der Waals surface area contributed by atoms with Crippen molar-refractivity contribution in [2.24, 2.45) is 0 Å². The van der Waals surface area contributed by atoms with Gasteiger partial charge in [0.25, 0.3) is 0 Å². The van der Waals surface area contributed by atoms with Crippen LogP contribution in [0.2, 0.25) is 0 Å². The van der Waals surface area contributed by atoms with Gasteiger partial charge in [-0.2, -0.15) is 0 Å². The zero-order valence-corrected chi connectivity index (χ0v) is 18.5. The van der Waals surface area contributed by atoms with Gasteiger partial charge in [-0.05, 0) is 63.1 Å². The predicted molar refractivity (Wildman–Crippen MR) is 123 cm³/mol. The van der Waals surface area contributed by atoms with Crippen LogP contribution in [0.3, 0.4) is 0 Å². The summed E-state index contributed by atoms with van der Waals surface area (Å²) in [4.78, 5) is 14.7. The summed E-state index contributed by atoms with van der Waals surface area (Å²) in [7, 11) is 0. The van der Waals surface area contributed by atoms with Gasteiger partial charge in [0.2, 0.25) is 5.91 Å². The summed E-state index contributed by atoms with van der Waals surface area (Å²) in [6.45, 7) is 6.12. The molecule has 1 aromatic heterocycles. The van der Waals surface area contributed by atoms with Crippen molar-refractivity contribution in [1.29, 1.82) is 0 Å². The smallest absolute Gasteiger partial charge is 0.234 e. The largest absolute Gasteiger partial charge is 0.372 e. The fraction of sp³-hybridized carbons (Fsp3) is 0.348.